The van der Waals surface area contributed by atoms with Gasteiger partial charge in [-0.15, -0.1) is 0 Å². The smallest absolute Gasteiger partial charge is 0.427 e. The number of carbonyl (C=O) groups is 1. The first-order valence-corrected chi connectivity index (χ1v) is 4.07. The van der Waals surface area contributed by atoms with Crippen LogP contribution in [0.25, 0.3) is 0 Å². The SMILES string of the molecule is CCCCC(C)=NNC(=O)OC. The van der Waals surface area contributed by atoms with Gasteiger partial charge in [-0.25, -0.2) is 10.2 Å². The van der Waals surface area contributed by atoms with Crippen molar-refractivity contribution in [3.8, 4) is 0 Å². The third-order valence-corrected chi connectivity index (χ3v) is 1.42. The van der Waals surface area contributed by atoms with Gasteiger partial charge in [-0.2, -0.15) is 5.10 Å². The second-order valence-corrected chi connectivity index (χ2v) is 2.55. The van der Waals surface area contributed by atoms with Crippen LogP contribution in [0.2, 0.25) is 0 Å². The zero-order valence-electron chi connectivity index (χ0n) is 7.89. The van der Waals surface area contributed by atoms with E-state index >= 15 is 0 Å². The summed E-state index contributed by atoms with van der Waals surface area (Å²) in [6, 6.07) is 0. The van der Waals surface area contributed by atoms with Gasteiger partial charge in [-0.05, 0) is 19.8 Å². The molecule has 0 heterocycles. The van der Waals surface area contributed by atoms with E-state index in [4.69, 9.17) is 0 Å². The van der Waals surface area contributed by atoms with Gasteiger partial charge in [-0.3, -0.25) is 0 Å². The lowest BCUT2D eigenvalue weighted by Gasteiger charge is -1.99. The molecule has 0 saturated carbocycles. The van der Waals surface area contributed by atoms with Gasteiger partial charge in [0.05, 0.1) is 7.11 Å². The fourth-order valence-electron chi connectivity index (χ4n) is 0.675. The minimum atomic E-state index is -0.522. The molecule has 0 aromatic carbocycles. The summed E-state index contributed by atoms with van der Waals surface area (Å²) in [6.45, 7) is 3.99. The number of hydrazone groups is 1. The first-order valence-electron chi connectivity index (χ1n) is 4.07. The van der Waals surface area contributed by atoms with Crippen molar-refractivity contribution in [2.24, 2.45) is 5.10 Å². The molecule has 4 heteroatoms. The van der Waals surface area contributed by atoms with E-state index < -0.39 is 6.09 Å². The summed E-state index contributed by atoms with van der Waals surface area (Å²) in [5, 5.41) is 3.82. The molecule has 0 aliphatic rings. The van der Waals surface area contributed by atoms with Crippen molar-refractivity contribution in [3.63, 3.8) is 0 Å². The van der Waals surface area contributed by atoms with E-state index in [0.717, 1.165) is 25.0 Å². The number of rotatable bonds is 4. The molecule has 0 aromatic rings. The molecule has 0 aliphatic heterocycles. The summed E-state index contributed by atoms with van der Waals surface area (Å²) in [5.74, 6) is 0. The van der Waals surface area contributed by atoms with Crippen LogP contribution >= 0.6 is 0 Å². The van der Waals surface area contributed by atoms with E-state index in [1.807, 2.05) is 6.92 Å². The first kappa shape index (κ1) is 10.9. The van der Waals surface area contributed by atoms with Crippen LogP contribution in [0.5, 0.6) is 0 Å². The molecule has 1 N–H and O–H groups in total. The highest BCUT2D eigenvalue weighted by Gasteiger charge is 1.95. The first-order chi connectivity index (χ1) is 5.70. The molecule has 0 spiro atoms. The largest absolute Gasteiger partial charge is 0.452 e. The molecule has 12 heavy (non-hydrogen) atoms. The Kier molecular flexibility index (Phi) is 6.05. The Morgan fingerprint density at radius 3 is 2.75 bits per heavy atom. The molecular weight excluding hydrogens is 156 g/mol. The van der Waals surface area contributed by atoms with Crippen LogP contribution in [-0.2, 0) is 4.74 Å². The molecular formula is C8H16N2O2. The van der Waals surface area contributed by atoms with Gasteiger partial charge in [0.15, 0.2) is 0 Å². The number of carbonyl (C=O) groups excluding carboxylic acids is 1. The van der Waals surface area contributed by atoms with Gasteiger partial charge in [0.25, 0.3) is 0 Å². The van der Waals surface area contributed by atoms with Gasteiger partial charge in [-0.1, -0.05) is 13.3 Å². The molecule has 0 bridgehead atoms. The normalized spacial score (nSPS) is 11.1. The van der Waals surface area contributed by atoms with Gasteiger partial charge < -0.3 is 4.74 Å². The second-order valence-electron chi connectivity index (χ2n) is 2.55. The highest BCUT2D eigenvalue weighted by atomic mass is 16.5. The Hall–Kier alpha value is -1.06. The standard InChI is InChI=1S/C8H16N2O2/c1-4-5-6-7(2)9-10-8(11)12-3/h4-6H2,1-3H3,(H,10,11). The Bertz CT molecular complexity index is 166. The Labute approximate surface area is 73.0 Å². The molecule has 1 amide bonds. The molecule has 0 unspecified atom stereocenters. The fraction of sp³-hybridized carbons (Fsp3) is 0.750. The lowest BCUT2D eigenvalue weighted by molar-refractivity contribution is 0.171. The highest BCUT2D eigenvalue weighted by molar-refractivity contribution is 5.83. The van der Waals surface area contributed by atoms with Gasteiger partial charge in [0.2, 0.25) is 0 Å². The molecule has 0 aliphatic carbocycles. The molecule has 4 nitrogen and oxygen atoms in total. The third kappa shape index (κ3) is 5.70. The summed E-state index contributed by atoms with van der Waals surface area (Å²) in [5.41, 5.74) is 3.19. The predicted octanol–water partition coefficient (Wildman–Crippen LogP) is 1.91. The lowest BCUT2D eigenvalue weighted by atomic mass is 10.2. The van der Waals surface area contributed by atoms with E-state index in [1.165, 1.54) is 7.11 Å². The van der Waals surface area contributed by atoms with Crippen molar-refractivity contribution in [2.75, 3.05) is 7.11 Å². The molecule has 0 saturated heterocycles. The van der Waals surface area contributed by atoms with Crippen molar-refractivity contribution in [2.45, 2.75) is 33.1 Å². The molecule has 70 valence electrons. The van der Waals surface area contributed by atoms with Crippen LogP contribution < -0.4 is 5.43 Å². The second kappa shape index (κ2) is 6.64. The lowest BCUT2D eigenvalue weighted by Crippen LogP contribution is -2.18. The van der Waals surface area contributed by atoms with E-state index in [-0.39, 0.29) is 0 Å². The van der Waals surface area contributed by atoms with Crippen LogP contribution in [-0.4, -0.2) is 18.9 Å². The summed E-state index contributed by atoms with van der Waals surface area (Å²) < 4.78 is 4.35. The number of unbranched alkanes of at least 4 members (excludes halogenated alkanes) is 1. The van der Waals surface area contributed by atoms with Crippen molar-refractivity contribution in [3.05, 3.63) is 0 Å². The van der Waals surface area contributed by atoms with Crippen LogP contribution in [0.1, 0.15) is 33.1 Å². The van der Waals surface area contributed by atoms with Gasteiger partial charge in [0.1, 0.15) is 0 Å². The van der Waals surface area contributed by atoms with Gasteiger partial charge in [0, 0.05) is 5.71 Å². The zero-order chi connectivity index (χ0) is 9.40. The predicted molar refractivity (Wildman–Crippen MR) is 48.2 cm³/mol. The van der Waals surface area contributed by atoms with Crippen molar-refractivity contribution < 1.29 is 9.53 Å². The maximum absolute atomic E-state index is 10.5. The van der Waals surface area contributed by atoms with E-state index in [9.17, 15) is 4.79 Å². The number of nitrogens with zero attached hydrogens (tertiary/aromatic N) is 1. The molecule has 0 atom stereocenters. The maximum Gasteiger partial charge on any atom is 0.427 e. The Morgan fingerprint density at radius 2 is 2.25 bits per heavy atom. The van der Waals surface area contributed by atoms with Crippen LogP contribution in [0.4, 0.5) is 4.79 Å². The summed E-state index contributed by atoms with van der Waals surface area (Å²) in [6.07, 6.45) is 2.62. The van der Waals surface area contributed by atoms with E-state index in [0.29, 0.717) is 0 Å². The zero-order valence-corrected chi connectivity index (χ0v) is 7.89. The molecule has 0 fully saturated rings. The fourth-order valence-corrected chi connectivity index (χ4v) is 0.675. The highest BCUT2D eigenvalue weighted by Crippen LogP contribution is 1.95. The maximum atomic E-state index is 10.5. The number of amides is 1. The summed E-state index contributed by atoms with van der Waals surface area (Å²) in [4.78, 5) is 10.5. The van der Waals surface area contributed by atoms with Crippen LogP contribution in [0.15, 0.2) is 5.10 Å². The number of hydrogen-bond acceptors (Lipinski definition) is 3. The van der Waals surface area contributed by atoms with E-state index in [2.05, 4.69) is 22.2 Å². The average molecular weight is 172 g/mol. The molecule has 0 radical (unpaired) electrons. The van der Waals surface area contributed by atoms with Crippen LogP contribution in [0, 0.1) is 0 Å². The summed E-state index contributed by atoms with van der Waals surface area (Å²) in [7, 11) is 1.31. The topological polar surface area (TPSA) is 50.7 Å². The number of hydrogen-bond donors (Lipinski definition) is 1. The monoisotopic (exact) mass is 172 g/mol. The summed E-state index contributed by atoms with van der Waals surface area (Å²) >= 11 is 0. The molecule has 0 aromatic heterocycles. The number of nitrogens with one attached hydrogen (secondary N) is 1. The van der Waals surface area contributed by atoms with Crippen LogP contribution in [0.3, 0.4) is 0 Å². The number of methoxy groups -OCH3 is 1. The van der Waals surface area contributed by atoms with Gasteiger partial charge >= 0.3 is 6.09 Å². The quantitative estimate of drug-likeness (QED) is 0.520. The average Bonchev–Trinajstić information content (AvgIpc) is 2.10. The van der Waals surface area contributed by atoms with Crippen molar-refractivity contribution >= 4 is 11.8 Å². The molecule has 0 rings (SSSR count). The van der Waals surface area contributed by atoms with Crippen molar-refractivity contribution in [1.82, 2.24) is 5.43 Å². The van der Waals surface area contributed by atoms with E-state index in [1.54, 1.807) is 0 Å². The number of ether oxygens (including phenoxy) is 1. The Morgan fingerprint density at radius 1 is 1.58 bits per heavy atom. The Balaban J connectivity index is 3.60. The third-order valence-electron chi connectivity index (χ3n) is 1.42. The van der Waals surface area contributed by atoms with Crippen molar-refractivity contribution in [1.29, 1.82) is 0 Å². The minimum absolute atomic E-state index is 0.522. The minimum Gasteiger partial charge on any atom is -0.452 e.